The summed E-state index contributed by atoms with van der Waals surface area (Å²) in [5.41, 5.74) is 0.357. The summed E-state index contributed by atoms with van der Waals surface area (Å²) in [6.07, 6.45) is 1.23. The Balaban J connectivity index is 2.34. The second kappa shape index (κ2) is 8.35. The summed E-state index contributed by atoms with van der Waals surface area (Å²) < 4.78 is 9.73. The number of nitrogens with zero attached hydrogens (tertiary/aromatic N) is 1. The van der Waals surface area contributed by atoms with Gasteiger partial charge >= 0.3 is 5.97 Å². The number of esters is 1. The van der Waals surface area contributed by atoms with E-state index in [1.165, 1.54) is 44.6 Å². The molecular formula is C19H16N2O5. The van der Waals surface area contributed by atoms with Crippen LogP contribution in [0.1, 0.15) is 15.9 Å². The number of rotatable bonds is 5. The Morgan fingerprint density at radius 3 is 2.58 bits per heavy atom. The van der Waals surface area contributed by atoms with Crippen LogP contribution in [0, 0.1) is 11.3 Å². The molecular weight excluding hydrogens is 336 g/mol. The van der Waals surface area contributed by atoms with E-state index in [-0.39, 0.29) is 28.1 Å². The highest BCUT2D eigenvalue weighted by Gasteiger charge is 2.16. The normalized spacial score (nSPS) is 10.6. The number of hydrogen-bond donors (Lipinski definition) is 2. The van der Waals surface area contributed by atoms with Crippen LogP contribution in [0.2, 0.25) is 0 Å². The molecule has 1 amide bonds. The van der Waals surface area contributed by atoms with Gasteiger partial charge in [-0.15, -0.1) is 0 Å². The molecule has 0 spiro atoms. The largest absolute Gasteiger partial charge is 0.507 e. The monoisotopic (exact) mass is 352 g/mol. The third kappa shape index (κ3) is 4.19. The summed E-state index contributed by atoms with van der Waals surface area (Å²) in [7, 11) is 2.69. The number of ether oxygens (including phenoxy) is 2. The van der Waals surface area contributed by atoms with Gasteiger partial charge in [0.1, 0.15) is 23.1 Å². The van der Waals surface area contributed by atoms with E-state index in [0.29, 0.717) is 5.75 Å². The van der Waals surface area contributed by atoms with Gasteiger partial charge in [-0.05, 0) is 36.4 Å². The number of nitrogens with one attached hydrogen (secondary N) is 1. The van der Waals surface area contributed by atoms with E-state index in [2.05, 4.69) is 10.1 Å². The fourth-order valence-electron chi connectivity index (χ4n) is 2.15. The van der Waals surface area contributed by atoms with Gasteiger partial charge in [-0.25, -0.2) is 4.79 Å². The number of para-hydroxylation sites is 1. The molecule has 26 heavy (non-hydrogen) atoms. The first kappa shape index (κ1) is 18.5. The minimum Gasteiger partial charge on any atom is -0.507 e. The average Bonchev–Trinajstić information content (AvgIpc) is 2.67. The molecule has 0 aromatic heterocycles. The molecule has 2 rings (SSSR count). The van der Waals surface area contributed by atoms with E-state index in [4.69, 9.17) is 4.74 Å². The first-order valence-electron chi connectivity index (χ1n) is 7.47. The Hall–Kier alpha value is -3.79. The zero-order valence-electron chi connectivity index (χ0n) is 14.1. The van der Waals surface area contributed by atoms with Crippen LogP contribution in [0.4, 0.5) is 5.69 Å². The van der Waals surface area contributed by atoms with Crippen LogP contribution >= 0.6 is 0 Å². The Bertz CT molecular complexity index is 912. The van der Waals surface area contributed by atoms with E-state index in [0.717, 1.165) is 0 Å². The maximum absolute atomic E-state index is 12.4. The van der Waals surface area contributed by atoms with Gasteiger partial charge in [0.25, 0.3) is 5.91 Å². The number of carbonyl (C=O) groups is 2. The lowest BCUT2D eigenvalue weighted by atomic mass is 10.1. The van der Waals surface area contributed by atoms with Crippen molar-refractivity contribution in [3.05, 3.63) is 59.2 Å². The molecule has 132 valence electrons. The molecule has 2 aromatic carbocycles. The summed E-state index contributed by atoms with van der Waals surface area (Å²) in [5, 5.41) is 21.7. The van der Waals surface area contributed by atoms with Crippen molar-refractivity contribution in [2.45, 2.75) is 0 Å². The summed E-state index contributed by atoms with van der Waals surface area (Å²) in [6, 6.07) is 12.5. The van der Waals surface area contributed by atoms with Crippen LogP contribution < -0.4 is 10.1 Å². The zero-order chi connectivity index (χ0) is 19.1. The molecule has 0 aliphatic carbocycles. The van der Waals surface area contributed by atoms with Crippen molar-refractivity contribution in [3.63, 3.8) is 0 Å². The van der Waals surface area contributed by atoms with E-state index < -0.39 is 11.9 Å². The van der Waals surface area contributed by atoms with Gasteiger partial charge in [-0.2, -0.15) is 5.26 Å². The highest BCUT2D eigenvalue weighted by molar-refractivity contribution is 6.12. The highest BCUT2D eigenvalue weighted by atomic mass is 16.5. The molecule has 0 fully saturated rings. The molecule has 0 heterocycles. The standard InChI is InChI=1S/C19H16N2O5/c1-25-14-7-8-17(22)12(10-14)9-13(11-20)18(23)21-16-6-4-3-5-15(16)19(24)26-2/h3-10,22H,1-2H3,(H,21,23)/b13-9-. The van der Waals surface area contributed by atoms with Crippen LogP contribution in [-0.2, 0) is 9.53 Å². The van der Waals surface area contributed by atoms with Gasteiger partial charge in [0.2, 0.25) is 0 Å². The second-order valence-electron chi connectivity index (χ2n) is 5.09. The van der Waals surface area contributed by atoms with Gasteiger partial charge in [0.15, 0.2) is 0 Å². The van der Waals surface area contributed by atoms with Crippen LogP contribution in [0.5, 0.6) is 11.5 Å². The molecule has 0 aliphatic rings. The summed E-state index contributed by atoms with van der Waals surface area (Å²) in [4.78, 5) is 24.2. The molecule has 0 saturated carbocycles. The van der Waals surface area contributed by atoms with Gasteiger partial charge in [-0.1, -0.05) is 12.1 Å². The molecule has 0 atom stereocenters. The minimum atomic E-state index is -0.730. The smallest absolute Gasteiger partial charge is 0.339 e. The van der Waals surface area contributed by atoms with Gasteiger partial charge in [0, 0.05) is 5.56 Å². The Morgan fingerprint density at radius 1 is 1.19 bits per heavy atom. The summed E-state index contributed by atoms with van der Waals surface area (Å²) >= 11 is 0. The quantitative estimate of drug-likeness (QED) is 0.486. The van der Waals surface area contributed by atoms with Gasteiger partial charge < -0.3 is 19.9 Å². The Morgan fingerprint density at radius 2 is 1.92 bits per heavy atom. The second-order valence-corrected chi connectivity index (χ2v) is 5.09. The molecule has 0 saturated heterocycles. The van der Waals surface area contributed by atoms with Crippen molar-refractivity contribution in [2.75, 3.05) is 19.5 Å². The van der Waals surface area contributed by atoms with E-state index in [1.807, 2.05) is 0 Å². The zero-order valence-corrected chi connectivity index (χ0v) is 14.1. The third-order valence-corrected chi connectivity index (χ3v) is 3.48. The molecule has 2 N–H and O–H groups in total. The van der Waals surface area contributed by atoms with Crippen molar-refractivity contribution in [1.29, 1.82) is 5.26 Å². The predicted molar refractivity (Wildman–Crippen MR) is 94.7 cm³/mol. The van der Waals surface area contributed by atoms with Gasteiger partial charge in [0.05, 0.1) is 25.5 Å². The van der Waals surface area contributed by atoms with Crippen LogP contribution in [-0.4, -0.2) is 31.2 Å². The van der Waals surface area contributed by atoms with Gasteiger partial charge in [-0.3, -0.25) is 4.79 Å². The van der Waals surface area contributed by atoms with Crippen molar-refractivity contribution in [2.24, 2.45) is 0 Å². The lowest BCUT2D eigenvalue weighted by Crippen LogP contribution is -2.16. The van der Waals surface area contributed by atoms with Crippen molar-refractivity contribution in [3.8, 4) is 17.6 Å². The first-order chi connectivity index (χ1) is 12.5. The number of methoxy groups -OCH3 is 2. The third-order valence-electron chi connectivity index (χ3n) is 3.48. The fraction of sp³-hybridized carbons (Fsp3) is 0.105. The number of benzene rings is 2. The summed E-state index contributed by atoms with van der Waals surface area (Å²) in [6.45, 7) is 0. The number of hydrogen-bond acceptors (Lipinski definition) is 6. The predicted octanol–water partition coefficient (Wildman–Crippen LogP) is 2.73. The first-order valence-corrected chi connectivity index (χ1v) is 7.47. The number of carbonyl (C=O) groups excluding carboxylic acids is 2. The fourth-order valence-corrected chi connectivity index (χ4v) is 2.15. The van der Waals surface area contributed by atoms with E-state index in [9.17, 15) is 20.0 Å². The average molecular weight is 352 g/mol. The van der Waals surface area contributed by atoms with Crippen molar-refractivity contribution < 1.29 is 24.2 Å². The molecule has 0 bridgehead atoms. The van der Waals surface area contributed by atoms with Crippen LogP contribution in [0.25, 0.3) is 6.08 Å². The molecule has 7 heteroatoms. The van der Waals surface area contributed by atoms with Crippen molar-refractivity contribution >= 4 is 23.6 Å². The molecule has 0 aliphatic heterocycles. The number of amides is 1. The van der Waals surface area contributed by atoms with E-state index >= 15 is 0 Å². The molecule has 7 nitrogen and oxygen atoms in total. The SMILES string of the molecule is COC(=O)c1ccccc1NC(=O)/C(C#N)=C\c1cc(OC)ccc1O. The lowest BCUT2D eigenvalue weighted by molar-refractivity contribution is -0.112. The van der Waals surface area contributed by atoms with Crippen LogP contribution in [0.3, 0.4) is 0 Å². The van der Waals surface area contributed by atoms with E-state index in [1.54, 1.807) is 24.3 Å². The number of nitriles is 1. The van der Waals surface area contributed by atoms with Crippen LogP contribution in [0.15, 0.2) is 48.0 Å². The van der Waals surface area contributed by atoms with Crippen molar-refractivity contribution in [1.82, 2.24) is 0 Å². The Labute approximate surface area is 150 Å². The topological polar surface area (TPSA) is 109 Å². The number of phenols is 1. The number of anilines is 1. The maximum Gasteiger partial charge on any atom is 0.339 e. The lowest BCUT2D eigenvalue weighted by Gasteiger charge is -2.09. The number of phenolic OH excluding ortho intramolecular Hbond substituents is 1. The Kier molecular flexibility index (Phi) is 5.96. The highest BCUT2D eigenvalue weighted by Crippen LogP contribution is 2.25. The molecule has 2 aromatic rings. The molecule has 0 unspecified atom stereocenters. The molecule has 0 radical (unpaired) electrons. The minimum absolute atomic E-state index is 0.110. The number of aromatic hydroxyl groups is 1. The summed E-state index contributed by atoms with van der Waals surface area (Å²) in [5.74, 6) is -0.996. The maximum atomic E-state index is 12.4.